The van der Waals surface area contributed by atoms with Crippen LogP contribution in [0.5, 0.6) is 0 Å². The van der Waals surface area contributed by atoms with Crippen molar-refractivity contribution in [3.05, 3.63) is 46.1 Å². The third-order valence-corrected chi connectivity index (χ3v) is 3.39. The van der Waals surface area contributed by atoms with Crippen molar-refractivity contribution in [2.75, 3.05) is 32.2 Å². The van der Waals surface area contributed by atoms with Crippen molar-refractivity contribution in [3.8, 4) is 11.4 Å². The summed E-state index contributed by atoms with van der Waals surface area (Å²) in [5.74, 6) is 1.03. The standard InChI is InChI=1S/C16H20N4O4/c1-11-7-15(19(2)9-14(21)10-24-3)18-16(17-11)12-5-4-6-13(8-12)20(22)23/h4-8,14,21H,9-10H2,1-3H3/t14-/m0/s1. The average Bonchev–Trinajstić information content (AvgIpc) is 2.54. The zero-order chi connectivity index (χ0) is 17.7. The van der Waals surface area contributed by atoms with E-state index in [9.17, 15) is 15.2 Å². The van der Waals surface area contributed by atoms with Gasteiger partial charge in [-0.1, -0.05) is 12.1 Å². The zero-order valence-electron chi connectivity index (χ0n) is 13.8. The molecule has 0 aliphatic heterocycles. The van der Waals surface area contributed by atoms with Crippen LogP contribution in [0.15, 0.2) is 30.3 Å². The molecule has 8 nitrogen and oxygen atoms in total. The summed E-state index contributed by atoms with van der Waals surface area (Å²) in [7, 11) is 3.33. The van der Waals surface area contributed by atoms with E-state index in [0.717, 1.165) is 5.69 Å². The molecule has 1 atom stereocenters. The number of hydrogen-bond acceptors (Lipinski definition) is 7. The number of hydrogen-bond donors (Lipinski definition) is 1. The van der Waals surface area contributed by atoms with Crippen LogP contribution >= 0.6 is 0 Å². The van der Waals surface area contributed by atoms with Crippen molar-refractivity contribution in [2.45, 2.75) is 13.0 Å². The van der Waals surface area contributed by atoms with Crippen molar-refractivity contribution < 1.29 is 14.8 Å². The number of nitrogens with zero attached hydrogens (tertiary/aromatic N) is 4. The number of rotatable bonds is 7. The molecule has 1 heterocycles. The van der Waals surface area contributed by atoms with E-state index in [2.05, 4.69) is 9.97 Å². The molecule has 0 spiro atoms. The highest BCUT2D eigenvalue weighted by atomic mass is 16.6. The van der Waals surface area contributed by atoms with Gasteiger partial charge in [-0.15, -0.1) is 0 Å². The third kappa shape index (κ3) is 4.46. The van der Waals surface area contributed by atoms with Gasteiger partial charge in [0.1, 0.15) is 5.82 Å². The van der Waals surface area contributed by atoms with E-state index in [1.807, 2.05) is 6.92 Å². The fourth-order valence-corrected chi connectivity index (χ4v) is 2.29. The fraction of sp³-hybridized carbons (Fsp3) is 0.375. The second-order valence-corrected chi connectivity index (χ2v) is 5.49. The first kappa shape index (κ1) is 17.8. The number of benzene rings is 1. The minimum absolute atomic E-state index is 0.0111. The summed E-state index contributed by atoms with van der Waals surface area (Å²) in [6.45, 7) is 2.40. The van der Waals surface area contributed by atoms with Gasteiger partial charge in [-0.2, -0.15) is 0 Å². The third-order valence-electron chi connectivity index (χ3n) is 3.39. The van der Waals surface area contributed by atoms with Gasteiger partial charge in [-0.3, -0.25) is 10.1 Å². The molecule has 0 amide bonds. The van der Waals surface area contributed by atoms with Gasteiger partial charge in [0.05, 0.1) is 17.6 Å². The van der Waals surface area contributed by atoms with Crippen molar-refractivity contribution in [1.82, 2.24) is 9.97 Å². The topological polar surface area (TPSA) is 102 Å². The first-order valence-corrected chi connectivity index (χ1v) is 7.39. The van der Waals surface area contributed by atoms with Crippen LogP contribution in [-0.2, 0) is 4.74 Å². The maximum absolute atomic E-state index is 10.9. The van der Waals surface area contributed by atoms with Crippen molar-refractivity contribution >= 4 is 11.5 Å². The Morgan fingerprint density at radius 1 is 1.38 bits per heavy atom. The molecule has 0 radical (unpaired) electrons. The summed E-state index contributed by atoms with van der Waals surface area (Å²) in [6.07, 6.45) is -0.642. The Kier molecular flexibility index (Phi) is 5.78. The number of nitro groups is 1. The van der Waals surface area contributed by atoms with Gasteiger partial charge in [0.2, 0.25) is 0 Å². The van der Waals surface area contributed by atoms with E-state index in [1.165, 1.54) is 19.2 Å². The summed E-state index contributed by atoms with van der Waals surface area (Å²) in [4.78, 5) is 21.1. The van der Waals surface area contributed by atoms with Crippen LogP contribution in [0, 0.1) is 17.0 Å². The quantitative estimate of drug-likeness (QED) is 0.609. The number of aromatic nitrogens is 2. The molecule has 0 saturated carbocycles. The number of non-ortho nitro benzene ring substituents is 1. The maximum atomic E-state index is 10.9. The number of aliphatic hydroxyl groups is 1. The number of aryl methyl sites for hydroxylation is 1. The smallest absolute Gasteiger partial charge is 0.270 e. The highest BCUT2D eigenvalue weighted by Crippen LogP contribution is 2.23. The lowest BCUT2D eigenvalue weighted by Crippen LogP contribution is -2.32. The summed E-state index contributed by atoms with van der Waals surface area (Å²) in [6, 6.07) is 7.99. The lowest BCUT2D eigenvalue weighted by molar-refractivity contribution is -0.384. The van der Waals surface area contributed by atoms with Gasteiger partial charge in [-0.25, -0.2) is 9.97 Å². The summed E-state index contributed by atoms with van der Waals surface area (Å²) < 4.78 is 4.92. The molecule has 128 valence electrons. The average molecular weight is 332 g/mol. The van der Waals surface area contributed by atoms with Gasteiger partial charge < -0.3 is 14.7 Å². The molecule has 24 heavy (non-hydrogen) atoms. The first-order chi connectivity index (χ1) is 11.4. The van der Waals surface area contributed by atoms with Crippen LogP contribution < -0.4 is 4.90 Å². The lowest BCUT2D eigenvalue weighted by Gasteiger charge is -2.22. The van der Waals surface area contributed by atoms with E-state index in [1.54, 1.807) is 30.1 Å². The predicted molar refractivity (Wildman–Crippen MR) is 90.0 cm³/mol. The number of anilines is 1. The number of nitro benzene ring substituents is 1. The number of ether oxygens (including phenoxy) is 1. The van der Waals surface area contributed by atoms with Crippen LogP contribution in [0.25, 0.3) is 11.4 Å². The van der Waals surface area contributed by atoms with Crippen molar-refractivity contribution in [3.63, 3.8) is 0 Å². The van der Waals surface area contributed by atoms with Crippen LogP contribution in [-0.4, -0.2) is 53.4 Å². The second kappa shape index (κ2) is 7.80. The van der Waals surface area contributed by atoms with Gasteiger partial charge in [0, 0.05) is 50.2 Å². The van der Waals surface area contributed by atoms with Crippen molar-refractivity contribution in [1.29, 1.82) is 0 Å². The zero-order valence-corrected chi connectivity index (χ0v) is 13.8. The summed E-state index contributed by atoms with van der Waals surface area (Å²) in [5, 5.41) is 20.8. The molecule has 2 aromatic rings. The Morgan fingerprint density at radius 3 is 2.79 bits per heavy atom. The SMILES string of the molecule is COC[C@@H](O)CN(C)c1cc(C)nc(-c2cccc([N+](=O)[O-])c2)n1. The largest absolute Gasteiger partial charge is 0.389 e. The van der Waals surface area contributed by atoms with Gasteiger partial charge in [0.25, 0.3) is 5.69 Å². The molecular weight excluding hydrogens is 312 g/mol. The van der Waals surface area contributed by atoms with Crippen LogP contribution in [0.2, 0.25) is 0 Å². The normalized spacial score (nSPS) is 12.0. The van der Waals surface area contributed by atoms with E-state index in [4.69, 9.17) is 4.74 Å². The van der Waals surface area contributed by atoms with E-state index >= 15 is 0 Å². The van der Waals surface area contributed by atoms with Crippen LogP contribution in [0.4, 0.5) is 11.5 Å². The second-order valence-electron chi connectivity index (χ2n) is 5.49. The van der Waals surface area contributed by atoms with Crippen LogP contribution in [0.1, 0.15) is 5.69 Å². The Bertz CT molecular complexity index is 723. The Labute approximate surface area is 139 Å². The van der Waals surface area contributed by atoms with Crippen molar-refractivity contribution in [2.24, 2.45) is 0 Å². The molecule has 0 aliphatic carbocycles. The monoisotopic (exact) mass is 332 g/mol. The predicted octanol–water partition coefficient (Wildman–Crippen LogP) is 1.80. The summed E-state index contributed by atoms with van der Waals surface area (Å²) >= 11 is 0. The molecule has 1 aromatic heterocycles. The Balaban J connectivity index is 2.31. The molecule has 0 aliphatic rings. The molecule has 2 rings (SSSR count). The summed E-state index contributed by atoms with van der Waals surface area (Å²) in [5.41, 5.74) is 1.29. The molecule has 0 saturated heterocycles. The van der Waals surface area contributed by atoms with Gasteiger partial charge in [-0.05, 0) is 6.92 Å². The van der Waals surface area contributed by atoms with E-state index < -0.39 is 11.0 Å². The van der Waals surface area contributed by atoms with Gasteiger partial charge >= 0.3 is 0 Å². The minimum Gasteiger partial charge on any atom is -0.389 e. The number of aliphatic hydroxyl groups excluding tert-OH is 1. The highest BCUT2D eigenvalue weighted by Gasteiger charge is 2.14. The minimum atomic E-state index is -0.642. The molecule has 0 unspecified atom stereocenters. The van der Waals surface area contributed by atoms with Gasteiger partial charge in [0.15, 0.2) is 5.82 Å². The lowest BCUT2D eigenvalue weighted by atomic mass is 10.2. The molecule has 0 bridgehead atoms. The number of likely N-dealkylation sites (N-methyl/N-ethyl adjacent to an activating group) is 1. The molecule has 8 heteroatoms. The Morgan fingerprint density at radius 2 is 2.12 bits per heavy atom. The van der Waals surface area contributed by atoms with Crippen LogP contribution in [0.3, 0.4) is 0 Å². The maximum Gasteiger partial charge on any atom is 0.270 e. The number of methoxy groups -OCH3 is 1. The van der Waals surface area contributed by atoms with E-state index in [-0.39, 0.29) is 12.3 Å². The molecular formula is C16H20N4O4. The first-order valence-electron chi connectivity index (χ1n) is 7.39. The highest BCUT2D eigenvalue weighted by molar-refractivity contribution is 5.61. The molecule has 1 N–H and O–H groups in total. The molecule has 0 fully saturated rings. The van der Waals surface area contributed by atoms with E-state index in [0.29, 0.717) is 23.8 Å². The Hall–Kier alpha value is -2.58. The fourth-order valence-electron chi connectivity index (χ4n) is 2.29. The molecule has 1 aromatic carbocycles.